The van der Waals surface area contributed by atoms with Crippen molar-refractivity contribution >= 4 is 16.5 Å². The van der Waals surface area contributed by atoms with Crippen LogP contribution in [-0.2, 0) is 0 Å². The lowest BCUT2D eigenvalue weighted by atomic mass is 9.85. The molecule has 28 heavy (non-hydrogen) atoms. The molecule has 6 rings (SSSR count). The molecule has 138 valence electrons. The molecule has 0 saturated carbocycles. The molecule has 4 heterocycles. The lowest BCUT2D eigenvalue weighted by Crippen LogP contribution is -2.30. The number of H-pyrrole nitrogens is 2. The van der Waals surface area contributed by atoms with Crippen molar-refractivity contribution in [2.75, 3.05) is 6.54 Å². The number of rotatable bonds is 2. The molecular formula is C23H19N3O2. The minimum Gasteiger partial charge on any atom is -0.494 e. The summed E-state index contributed by atoms with van der Waals surface area (Å²) in [6, 6.07) is 8.19. The number of aromatic amines is 2. The van der Waals surface area contributed by atoms with E-state index in [1.54, 1.807) is 0 Å². The van der Waals surface area contributed by atoms with Crippen LogP contribution >= 0.6 is 0 Å². The first-order valence-electron chi connectivity index (χ1n) is 9.48. The van der Waals surface area contributed by atoms with Crippen molar-refractivity contribution in [1.29, 1.82) is 0 Å². The average Bonchev–Trinajstić information content (AvgIpc) is 3.39. The lowest BCUT2D eigenvalue weighted by Gasteiger charge is -2.32. The summed E-state index contributed by atoms with van der Waals surface area (Å²) in [6.07, 6.45) is 13.5. The second-order valence-electron chi connectivity index (χ2n) is 7.50. The smallest absolute Gasteiger partial charge is 0.200 e. The number of hydrogen-bond donors (Lipinski definition) is 4. The molecule has 0 amide bonds. The highest BCUT2D eigenvalue weighted by Crippen LogP contribution is 2.48. The van der Waals surface area contributed by atoms with Crippen molar-refractivity contribution in [1.82, 2.24) is 14.9 Å². The molecule has 1 aliphatic carbocycles. The minimum absolute atomic E-state index is 0.0131. The first-order valence-corrected chi connectivity index (χ1v) is 9.48. The highest BCUT2D eigenvalue weighted by Gasteiger charge is 2.36. The Kier molecular flexibility index (Phi) is 3.01. The molecule has 0 radical (unpaired) electrons. The number of fused-ring (bicyclic) bond motifs is 1. The molecule has 2 aliphatic heterocycles. The van der Waals surface area contributed by atoms with E-state index in [1.165, 1.54) is 5.57 Å². The first-order chi connectivity index (χ1) is 13.7. The van der Waals surface area contributed by atoms with Crippen LogP contribution in [0.1, 0.15) is 12.0 Å². The van der Waals surface area contributed by atoms with E-state index in [-0.39, 0.29) is 17.8 Å². The number of nitrogens with zero attached hydrogens (tertiary/aromatic N) is 1. The highest BCUT2D eigenvalue weighted by atomic mass is 16.3. The third kappa shape index (κ3) is 1.96. The molecule has 5 nitrogen and oxygen atoms in total. The molecule has 1 saturated heterocycles. The maximum atomic E-state index is 10.7. The van der Waals surface area contributed by atoms with Crippen LogP contribution in [0.2, 0.25) is 0 Å². The van der Waals surface area contributed by atoms with Crippen LogP contribution in [0.15, 0.2) is 72.1 Å². The Balaban J connectivity index is 1.62. The van der Waals surface area contributed by atoms with Gasteiger partial charge in [0.2, 0.25) is 0 Å². The Morgan fingerprint density at radius 3 is 2.82 bits per heavy atom. The van der Waals surface area contributed by atoms with E-state index in [9.17, 15) is 10.2 Å². The number of aromatic hydroxyl groups is 2. The number of allylic oxidation sites excluding steroid dienone is 4. The SMILES string of the molecule is Oc1[nH]c(O)c(-c2c[nH]c3ccccc23)c1C1=C2C=CC=C3CCN(C=C1)C32. The zero-order valence-corrected chi connectivity index (χ0v) is 15.1. The van der Waals surface area contributed by atoms with Gasteiger partial charge in [0.1, 0.15) is 0 Å². The summed E-state index contributed by atoms with van der Waals surface area (Å²) in [6.45, 7) is 1.01. The summed E-state index contributed by atoms with van der Waals surface area (Å²) in [5.74, 6) is -0.0379. The zero-order chi connectivity index (χ0) is 18.8. The molecule has 0 spiro atoms. The molecule has 1 aromatic carbocycles. The van der Waals surface area contributed by atoms with Gasteiger partial charge in [-0.15, -0.1) is 0 Å². The van der Waals surface area contributed by atoms with E-state index in [4.69, 9.17) is 0 Å². The number of hydrogen-bond acceptors (Lipinski definition) is 3. The Morgan fingerprint density at radius 1 is 1.04 bits per heavy atom. The summed E-state index contributed by atoms with van der Waals surface area (Å²) >= 11 is 0. The van der Waals surface area contributed by atoms with Crippen LogP contribution in [-0.4, -0.2) is 37.7 Å². The quantitative estimate of drug-likeness (QED) is 0.540. The van der Waals surface area contributed by atoms with E-state index in [0.29, 0.717) is 11.1 Å². The van der Waals surface area contributed by atoms with Gasteiger partial charge in [0.25, 0.3) is 0 Å². The Labute approximate surface area is 161 Å². The van der Waals surface area contributed by atoms with Crippen LogP contribution in [0.3, 0.4) is 0 Å². The molecule has 4 N–H and O–H groups in total. The molecule has 0 bridgehead atoms. The van der Waals surface area contributed by atoms with Crippen LogP contribution in [0.4, 0.5) is 0 Å². The van der Waals surface area contributed by atoms with Crippen molar-refractivity contribution in [3.05, 3.63) is 77.7 Å². The van der Waals surface area contributed by atoms with Crippen molar-refractivity contribution in [3.8, 4) is 22.9 Å². The van der Waals surface area contributed by atoms with Crippen molar-refractivity contribution < 1.29 is 10.2 Å². The summed E-state index contributed by atoms with van der Waals surface area (Å²) in [5.41, 5.74) is 6.62. The zero-order valence-electron chi connectivity index (χ0n) is 15.1. The number of nitrogens with one attached hydrogen (secondary N) is 2. The molecule has 1 unspecified atom stereocenters. The van der Waals surface area contributed by atoms with E-state index >= 15 is 0 Å². The Hall–Kier alpha value is -3.60. The largest absolute Gasteiger partial charge is 0.494 e. The van der Waals surface area contributed by atoms with Crippen LogP contribution < -0.4 is 0 Å². The van der Waals surface area contributed by atoms with Gasteiger partial charge in [0.15, 0.2) is 11.8 Å². The Morgan fingerprint density at radius 2 is 1.89 bits per heavy atom. The summed E-state index contributed by atoms with van der Waals surface area (Å²) < 4.78 is 0. The van der Waals surface area contributed by atoms with Crippen LogP contribution in [0.5, 0.6) is 11.8 Å². The minimum atomic E-state index is -0.0249. The third-order valence-corrected chi connectivity index (χ3v) is 6.05. The van der Waals surface area contributed by atoms with Gasteiger partial charge in [0, 0.05) is 35.4 Å². The fourth-order valence-corrected chi connectivity index (χ4v) is 4.83. The standard InChI is InChI=1S/C23H19N3O2/c27-22-19(15-9-11-26-10-8-13-4-3-6-16(15)21(13)26)20(23(28)25-22)17-12-24-18-7-2-1-5-14(17)18/h1-7,9,11-12,21,24-25,27-28H,8,10H2. The van der Waals surface area contributed by atoms with E-state index < -0.39 is 0 Å². The van der Waals surface area contributed by atoms with Crippen molar-refractivity contribution in [3.63, 3.8) is 0 Å². The monoisotopic (exact) mass is 369 g/mol. The predicted molar refractivity (Wildman–Crippen MR) is 110 cm³/mol. The average molecular weight is 369 g/mol. The van der Waals surface area contributed by atoms with Gasteiger partial charge in [-0.1, -0.05) is 36.4 Å². The number of para-hydroxylation sites is 1. The molecule has 5 heteroatoms. The van der Waals surface area contributed by atoms with Gasteiger partial charge < -0.3 is 20.1 Å². The van der Waals surface area contributed by atoms with E-state index in [1.807, 2.05) is 36.5 Å². The summed E-state index contributed by atoms with van der Waals surface area (Å²) in [4.78, 5) is 8.33. The van der Waals surface area contributed by atoms with Gasteiger partial charge in [-0.2, -0.15) is 0 Å². The highest BCUT2D eigenvalue weighted by molar-refractivity contribution is 6.03. The third-order valence-electron chi connectivity index (χ3n) is 6.05. The number of aromatic nitrogens is 2. The topological polar surface area (TPSA) is 75.3 Å². The molecule has 3 aromatic rings. The molecular weight excluding hydrogens is 350 g/mol. The van der Waals surface area contributed by atoms with Crippen LogP contribution in [0.25, 0.3) is 27.6 Å². The lowest BCUT2D eigenvalue weighted by molar-refractivity contribution is 0.404. The first kappa shape index (κ1) is 15.5. The summed E-state index contributed by atoms with van der Waals surface area (Å²) in [5, 5.41) is 22.4. The molecule has 3 aliphatic rings. The fraction of sp³-hybridized carbons (Fsp3) is 0.130. The molecule has 1 atom stereocenters. The van der Waals surface area contributed by atoms with E-state index in [2.05, 4.69) is 39.3 Å². The van der Waals surface area contributed by atoms with Gasteiger partial charge in [-0.3, -0.25) is 4.98 Å². The molecule has 1 fully saturated rings. The van der Waals surface area contributed by atoms with Gasteiger partial charge in [-0.25, -0.2) is 0 Å². The summed E-state index contributed by atoms with van der Waals surface area (Å²) in [7, 11) is 0. The van der Waals surface area contributed by atoms with Gasteiger partial charge in [-0.05, 0) is 35.3 Å². The second-order valence-corrected chi connectivity index (χ2v) is 7.50. The van der Waals surface area contributed by atoms with Crippen molar-refractivity contribution in [2.24, 2.45) is 0 Å². The van der Waals surface area contributed by atoms with Gasteiger partial charge in [0.05, 0.1) is 17.2 Å². The normalized spacial score (nSPS) is 20.2. The van der Waals surface area contributed by atoms with Gasteiger partial charge >= 0.3 is 0 Å². The van der Waals surface area contributed by atoms with Crippen molar-refractivity contribution in [2.45, 2.75) is 12.5 Å². The molecule has 2 aromatic heterocycles. The second kappa shape index (κ2) is 5.45. The number of benzene rings is 1. The van der Waals surface area contributed by atoms with E-state index in [0.717, 1.165) is 40.6 Å². The fourth-order valence-electron chi connectivity index (χ4n) is 4.83. The Bertz CT molecular complexity index is 1250. The maximum Gasteiger partial charge on any atom is 0.200 e. The van der Waals surface area contributed by atoms with Crippen LogP contribution in [0, 0.1) is 0 Å². The maximum absolute atomic E-state index is 10.7. The predicted octanol–water partition coefficient (Wildman–Crippen LogP) is 4.43.